The maximum atomic E-state index is 2.53. The van der Waals surface area contributed by atoms with Crippen molar-refractivity contribution in [1.82, 2.24) is 0 Å². The average Bonchev–Trinajstić information content (AvgIpc) is 3.24. The Kier molecular flexibility index (Phi) is 3.28. The molecule has 36 heavy (non-hydrogen) atoms. The van der Waals surface area contributed by atoms with Gasteiger partial charge >= 0.3 is 0 Å². The molecule has 2 heterocycles. The molecule has 1 aliphatic carbocycles. The van der Waals surface area contributed by atoms with E-state index >= 15 is 0 Å². The van der Waals surface area contributed by atoms with Crippen LogP contribution in [0.2, 0.25) is 0 Å². The molecule has 0 saturated heterocycles. The highest BCUT2D eigenvalue weighted by Gasteiger charge is 2.52. The fourth-order valence-electron chi connectivity index (χ4n) is 7.33. The largest absolute Gasteiger partial charge is 0.309 e. The summed E-state index contributed by atoms with van der Waals surface area (Å²) < 4.78 is 0. The molecule has 0 aromatic heterocycles. The van der Waals surface area contributed by atoms with Gasteiger partial charge in [-0.05, 0) is 56.5 Å². The predicted octanol–water partition coefficient (Wildman–Crippen LogP) is 8.97. The summed E-state index contributed by atoms with van der Waals surface area (Å²) in [6.45, 7) is 0. The molecule has 3 aliphatic rings. The smallest absolute Gasteiger partial charge is 0.0754 e. The molecule has 1 spiro atoms. The van der Waals surface area contributed by atoms with Crippen LogP contribution in [0.1, 0.15) is 22.3 Å². The van der Waals surface area contributed by atoms with Crippen molar-refractivity contribution in [2.45, 2.75) is 5.41 Å². The zero-order chi connectivity index (χ0) is 23.4. The number of fused-ring (bicyclic) bond motifs is 12. The van der Waals surface area contributed by atoms with Crippen molar-refractivity contribution in [3.63, 3.8) is 0 Å². The number of anilines is 3. The van der Waals surface area contributed by atoms with Crippen LogP contribution in [0, 0.1) is 0 Å². The Hall–Kier alpha value is -4.62. The van der Waals surface area contributed by atoms with Crippen molar-refractivity contribution < 1.29 is 0 Å². The molecule has 0 atom stereocenters. The second-order valence-electron chi connectivity index (χ2n) is 10.1. The Morgan fingerprint density at radius 3 is 1.72 bits per heavy atom. The molecule has 0 radical (unpaired) electrons. The number of hydrogen-bond donors (Lipinski definition) is 0. The normalized spacial score (nSPS) is 14.8. The van der Waals surface area contributed by atoms with Gasteiger partial charge in [0.05, 0.1) is 22.5 Å². The van der Waals surface area contributed by atoms with E-state index in [9.17, 15) is 0 Å². The first-order chi connectivity index (χ1) is 17.9. The lowest BCUT2D eigenvalue weighted by Gasteiger charge is -2.47. The monoisotopic (exact) mass is 455 g/mol. The summed E-state index contributed by atoms with van der Waals surface area (Å²) in [5.74, 6) is 0. The lowest BCUT2D eigenvalue weighted by molar-refractivity contribution is 0.754. The van der Waals surface area contributed by atoms with Gasteiger partial charge in [0.25, 0.3) is 0 Å². The third-order valence-electron chi connectivity index (χ3n) is 8.58. The summed E-state index contributed by atoms with van der Waals surface area (Å²) in [5.41, 5.74) is 14.3. The van der Waals surface area contributed by atoms with E-state index < -0.39 is 0 Å². The number of rotatable bonds is 0. The minimum atomic E-state index is -0.358. The van der Waals surface area contributed by atoms with Crippen LogP contribution in [0.15, 0.2) is 127 Å². The third-order valence-corrected chi connectivity index (χ3v) is 8.58. The number of nitrogens with zero attached hydrogens (tertiary/aromatic N) is 1. The maximum Gasteiger partial charge on any atom is 0.0754 e. The lowest BCUT2D eigenvalue weighted by Crippen LogP contribution is -2.37. The van der Waals surface area contributed by atoms with Crippen LogP contribution in [0.25, 0.3) is 33.0 Å². The Morgan fingerprint density at radius 2 is 0.972 bits per heavy atom. The highest BCUT2D eigenvalue weighted by molar-refractivity contribution is 6.17. The van der Waals surface area contributed by atoms with Crippen LogP contribution in [0.3, 0.4) is 0 Å². The van der Waals surface area contributed by atoms with E-state index in [-0.39, 0.29) is 5.41 Å². The molecule has 0 saturated carbocycles. The zero-order valence-corrected chi connectivity index (χ0v) is 19.6. The fraction of sp³-hybridized carbons (Fsp3) is 0.0286. The van der Waals surface area contributed by atoms with Crippen LogP contribution >= 0.6 is 0 Å². The van der Waals surface area contributed by atoms with Gasteiger partial charge in [0.15, 0.2) is 0 Å². The number of hydrogen-bond acceptors (Lipinski definition) is 1. The van der Waals surface area contributed by atoms with Crippen molar-refractivity contribution in [2.75, 3.05) is 4.90 Å². The molecular weight excluding hydrogens is 434 g/mol. The summed E-state index contributed by atoms with van der Waals surface area (Å²) in [6, 6.07) is 47.5. The summed E-state index contributed by atoms with van der Waals surface area (Å²) >= 11 is 0. The lowest BCUT2D eigenvalue weighted by atomic mass is 9.63. The van der Waals surface area contributed by atoms with Gasteiger partial charge in [0.1, 0.15) is 0 Å². The first-order valence-electron chi connectivity index (χ1n) is 12.6. The molecular formula is C35H21N. The molecule has 6 aromatic rings. The van der Waals surface area contributed by atoms with Crippen molar-refractivity contribution >= 4 is 27.8 Å². The summed E-state index contributed by atoms with van der Waals surface area (Å²) in [6.07, 6.45) is 0. The fourth-order valence-corrected chi connectivity index (χ4v) is 7.33. The standard InChI is InChI=1S/C35H21N/c1-4-15-27-23(11-1)24-12-2-5-16-28(24)35(27)29-17-6-8-19-32(29)36-31-18-7-3-13-25(31)26-14-9-10-22-20-21-30(35)34(36)33(22)26/h1-21H. The predicted molar refractivity (Wildman–Crippen MR) is 148 cm³/mol. The highest BCUT2D eigenvalue weighted by Crippen LogP contribution is 2.66. The van der Waals surface area contributed by atoms with Crippen LogP contribution in [0.5, 0.6) is 0 Å². The van der Waals surface area contributed by atoms with E-state index in [1.807, 2.05) is 0 Å². The molecule has 6 aromatic carbocycles. The van der Waals surface area contributed by atoms with Gasteiger partial charge in [-0.15, -0.1) is 0 Å². The van der Waals surface area contributed by atoms with E-state index in [2.05, 4.69) is 132 Å². The van der Waals surface area contributed by atoms with E-state index in [0.29, 0.717) is 0 Å². The van der Waals surface area contributed by atoms with E-state index in [4.69, 9.17) is 0 Å². The number of para-hydroxylation sites is 2. The second kappa shape index (κ2) is 6.33. The first kappa shape index (κ1) is 18.7. The van der Waals surface area contributed by atoms with Crippen LogP contribution in [-0.2, 0) is 5.41 Å². The van der Waals surface area contributed by atoms with Crippen molar-refractivity contribution in [2.24, 2.45) is 0 Å². The van der Waals surface area contributed by atoms with Gasteiger partial charge in [-0.2, -0.15) is 0 Å². The first-order valence-corrected chi connectivity index (χ1v) is 12.6. The van der Waals surface area contributed by atoms with Gasteiger partial charge < -0.3 is 4.90 Å². The molecule has 0 amide bonds. The van der Waals surface area contributed by atoms with Crippen LogP contribution in [0.4, 0.5) is 17.1 Å². The van der Waals surface area contributed by atoms with Crippen molar-refractivity contribution in [3.8, 4) is 22.3 Å². The van der Waals surface area contributed by atoms with Crippen LogP contribution in [-0.4, -0.2) is 0 Å². The molecule has 9 rings (SSSR count). The molecule has 1 nitrogen and oxygen atoms in total. The zero-order valence-electron chi connectivity index (χ0n) is 19.6. The third kappa shape index (κ3) is 1.94. The Bertz CT molecular complexity index is 1870. The summed E-state index contributed by atoms with van der Waals surface area (Å²) in [4.78, 5) is 2.53. The van der Waals surface area contributed by atoms with E-state index in [0.717, 1.165) is 0 Å². The van der Waals surface area contributed by atoms with E-state index in [1.54, 1.807) is 0 Å². The van der Waals surface area contributed by atoms with Crippen molar-refractivity contribution in [1.29, 1.82) is 0 Å². The maximum absolute atomic E-state index is 2.53. The molecule has 0 fully saturated rings. The molecule has 0 N–H and O–H groups in total. The molecule has 0 bridgehead atoms. The van der Waals surface area contributed by atoms with Crippen molar-refractivity contribution in [3.05, 3.63) is 150 Å². The average molecular weight is 456 g/mol. The van der Waals surface area contributed by atoms with Gasteiger partial charge in [-0.1, -0.05) is 115 Å². The molecule has 2 aliphatic heterocycles. The molecule has 1 heteroatoms. The minimum Gasteiger partial charge on any atom is -0.309 e. The van der Waals surface area contributed by atoms with Gasteiger partial charge in [-0.25, -0.2) is 0 Å². The van der Waals surface area contributed by atoms with Crippen LogP contribution < -0.4 is 4.90 Å². The number of benzene rings is 6. The Labute approximate surface area is 209 Å². The van der Waals surface area contributed by atoms with Gasteiger partial charge in [-0.3, -0.25) is 0 Å². The summed E-state index contributed by atoms with van der Waals surface area (Å²) in [7, 11) is 0. The quantitative estimate of drug-likeness (QED) is 0.221. The second-order valence-corrected chi connectivity index (χ2v) is 10.1. The summed E-state index contributed by atoms with van der Waals surface area (Å²) in [5, 5.41) is 2.64. The highest BCUT2D eigenvalue weighted by atomic mass is 15.2. The minimum absolute atomic E-state index is 0.358. The Balaban J connectivity index is 1.57. The Morgan fingerprint density at radius 1 is 0.389 bits per heavy atom. The van der Waals surface area contributed by atoms with Gasteiger partial charge in [0.2, 0.25) is 0 Å². The SMILES string of the molecule is c1ccc2c(c1)-c1cccc3ccc4c(c13)N2c1ccccc1C41c2ccccc2-c2ccccc21. The molecule has 0 unspecified atom stereocenters. The van der Waals surface area contributed by atoms with Gasteiger partial charge in [0, 0.05) is 10.9 Å². The van der Waals surface area contributed by atoms with E-state index in [1.165, 1.54) is 72.3 Å². The topological polar surface area (TPSA) is 3.24 Å². The molecule has 166 valence electrons.